The zero-order valence-electron chi connectivity index (χ0n) is 16.3. The summed E-state index contributed by atoms with van der Waals surface area (Å²) in [6.07, 6.45) is 3.39. The molecule has 0 aliphatic carbocycles. The van der Waals surface area contributed by atoms with Crippen LogP contribution in [-0.4, -0.2) is 44.2 Å². The van der Waals surface area contributed by atoms with E-state index in [1.165, 1.54) is 34.8 Å². The molecule has 1 aliphatic rings. The summed E-state index contributed by atoms with van der Waals surface area (Å²) in [4.78, 5) is 24.2. The first-order chi connectivity index (χ1) is 13.9. The Morgan fingerprint density at radius 3 is 2.59 bits per heavy atom. The largest absolute Gasteiger partial charge is 0.467 e. The normalized spacial score (nSPS) is 17.6. The molecule has 2 N–H and O–H groups in total. The minimum atomic E-state index is -3.56. The Bertz CT molecular complexity index is 939. The molecule has 0 saturated carbocycles. The third-order valence-corrected chi connectivity index (χ3v) is 6.70. The lowest BCUT2D eigenvalue weighted by atomic mass is 10.0. The minimum Gasteiger partial charge on any atom is -0.467 e. The molecule has 1 atom stereocenters. The first-order valence-electron chi connectivity index (χ1n) is 9.54. The zero-order chi connectivity index (χ0) is 20.9. The maximum Gasteiger partial charge on any atom is 0.251 e. The van der Waals surface area contributed by atoms with Crippen LogP contribution >= 0.6 is 0 Å². The summed E-state index contributed by atoms with van der Waals surface area (Å²) < 4.78 is 32.1. The van der Waals surface area contributed by atoms with Gasteiger partial charge in [-0.3, -0.25) is 9.59 Å². The van der Waals surface area contributed by atoms with E-state index in [1.54, 1.807) is 12.1 Å². The van der Waals surface area contributed by atoms with Crippen LogP contribution in [-0.2, 0) is 21.4 Å². The molecule has 0 radical (unpaired) electrons. The predicted molar refractivity (Wildman–Crippen MR) is 106 cm³/mol. The van der Waals surface area contributed by atoms with Crippen molar-refractivity contribution < 1.29 is 22.4 Å². The molecule has 0 bridgehead atoms. The van der Waals surface area contributed by atoms with E-state index in [1.807, 2.05) is 6.92 Å². The number of sulfonamides is 1. The van der Waals surface area contributed by atoms with Crippen LogP contribution in [0.3, 0.4) is 0 Å². The number of carbonyl (C=O) groups excluding carboxylic acids is 2. The third kappa shape index (κ3) is 5.45. The maximum atomic E-state index is 12.8. The van der Waals surface area contributed by atoms with Crippen molar-refractivity contribution in [3.63, 3.8) is 0 Å². The molecule has 29 heavy (non-hydrogen) atoms. The first-order valence-corrected chi connectivity index (χ1v) is 11.0. The van der Waals surface area contributed by atoms with Crippen molar-refractivity contribution in [3.8, 4) is 0 Å². The van der Waals surface area contributed by atoms with E-state index < -0.39 is 15.9 Å². The average molecular weight is 420 g/mol. The van der Waals surface area contributed by atoms with Gasteiger partial charge in [0, 0.05) is 18.7 Å². The van der Waals surface area contributed by atoms with Crippen LogP contribution in [0.5, 0.6) is 0 Å². The number of benzene rings is 1. The van der Waals surface area contributed by atoms with Crippen LogP contribution in [0, 0.1) is 5.92 Å². The fraction of sp³-hybridized carbons (Fsp3) is 0.400. The number of nitrogens with one attached hydrogen (secondary N) is 2. The number of hydrogen-bond acceptors (Lipinski definition) is 5. The van der Waals surface area contributed by atoms with Gasteiger partial charge < -0.3 is 15.1 Å². The monoisotopic (exact) mass is 419 g/mol. The van der Waals surface area contributed by atoms with Gasteiger partial charge in [-0.15, -0.1) is 0 Å². The second-order valence-electron chi connectivity index (χ2n) is 7.17. The minimum absolute atomic E-state index is 0.166. The van der Waals surface area contributed by atoms with Gasteiger partial charge in [-0.05, 0) is 55.2 Å². The SMILES string of the molecule is CC1CCCN(S(=O)(=O)c2ccc(C(=O)NCC(=O)NCc3ccco3)cc2)C1. The fourth-order valence-corrected chi connectivity index (χ4v) is 4.81. The number of nitrogens with zero attached hydrogens (tertiary/aromatic N) is 1. The molecule has 2 heterocycles. The van der Waals surface area contributed by atoms with Crippen molar-refractivity contribution in [1.29, 1.82) is 0 Å². The predicted octanol–water partition coefficient (Wildman–Crippen LogP) is 1.75. The Morgan fingerprint density at radius 2 is 1.93 bits per heavy atom. The molecule has 1 fully saturated rings. The molecule has 9 heteroatoms. The highest BCUT2D eigenvalue weighted by Crippen LogP contribution is 2.23. The number of rotatable bonds is 7. The van der Waals surface area contributed by atoms with Crippen molar-refractivity contribution in [2.75, 3.05) is 19.6 Å². The van der Waals surface area contributed by atoms with Crippen LogP contribution in [0.4, 0.5) is 0 Å². The second kappa shape index (κ2) is 9.23. The van der Waals surface area contributed by atoms with Gasteiger partial charge in [0.2, 0.25) is 15.9 Å². The molecule has 3 rings (SSSR count). The smallest absolute Gasteiger partial charge is 0.251 e. The van der Waals surface area contributed by atoms with Crippen molar-refractivity contribution in [1.82, 2.24) is 14.9 Å². The van der Waals surface area contributed by atoms with E-state index in [4.69, 9.17) is 4.42 Å². The molecule has 156 valence electrons. The highest BCUT2D eigenvalue weighted by Gasteiger charge is 2.28. The topological polar surface area (TPSA) is 109 Å². The van der Waals surface area contributed by atoms with Crippen LogP contribution in [0.25, 0.3) is 0 Å². The number of hydrogen-bond donors (Lipinski definition) is 2. The maximum absolute atomic E-state index is 12.8. The van der Waals surface area contributed by atoms with E-state index in [0.717, 1.165) is 12.8 Å². The van der Waals surface area contributed by atoms with Crippen LogP contribution in [0.1, 0.15) is 35.9 Å². The Morgan fingerprint density at radius 1 is 1.17 bits per heavy atom. The van der Waals surface area contributed by atoms with Gasteiger partial charge in [0.05, 0.1) is 24.2 Å². The molecule has 1 saturated heterocycles. The third-order valence-electron chi connectivity index (χ3n) is 4.82. The van der Waals surface area contributed by atoms with Gasteiger partial charge in [-0.2, -0.15) is 4.31 Å². The Kier molecular flexibility index (Phi) is 6.71. The molecular weight excluding hydrogens is 394 g/mol. The van der Waals surface area contributed by atoms with Gasteiger partial charge in [0.15, 0.2) is 0 Å². The van der Waals surface area contributed by atoms with E-state index in [-0.39, 0.29) is 29.5 Å². The van der Waals surface area contributed by atoms with Crippen LogP contribution < -0.4 is 10.6 Å². The second-order valence-corrected chi connectivity index (χ2v) is 9.11. The highest BCUT2D eigenvalue weighted by atomic mass is 32.2. The molecule has 0 spiro atoms. The van der Waals surface area contributed by atoms with Crippen LogP contribution in [0.15, 0.2) is 52.0 Å². The highest BCUT2D eigenvalue weighted by molar-refractivity contribution is 7.89. The quantitative estimate of drug-likeness (QED) is 0.711. The molecule has 1 unspecified atom stereocenters. The van der Waals surface area contributed by atoms with Gasteiger partial charge in [-0.25, -0.2) is 8.42 Å². The molecule has 2 aromatic rings. The summed E-state index contributed by atoms with van der Waals surface area (Å²) in [7, 11) is -3.56. The summed E-state index contributed by atoms with van der Waals surface area (Å²) in [6.45, 7) is 3.12. The Hall–Kier alpha value is -2.65. The number of piperidine rings is 1. The zero-order valence-corrected chi connectivity index (χ0v) is 17.1. The standard InChI is InChI=1S/C20H25N3O5S/c1-15-4-2-10-23(14-15)29(26,27)18-8-6-16(7-9-18)20(25)22-13-19(24)21-12-17-5-3-11-28-17/h3,5-9,11,15H,2,4,10,12-14H2,1H3,(H,21,24)(H,22,25). The van der Waals surface area contributed by atoms with E-state index in [0.29, 0.717) is 24.8 Å². The van der Waals surface area contributed by atoms with Crippen molar-refractivity contribution in [2.24, 2.45) is 5.92 Å². The summed E-state index contributed by atoms with van der Waals surface area (Å²) >= 11 is 0. The van der Waals surface area contributed by atoms with Gasteiger partial charge >= 0.3 is 0 Å². The lowest BCUT2D eigenvalue weighted by Gasteiger charge is -2.30. The lowest BCUT2D eigenvalue weighted by Crippen LogP contribution is -2.39. The van der Waals surface area contributed by atoms with E-state index >= 15 is 0 Å². The average Bonchev–Trinajstić information content (AvgIpc) is 3.24. The van der Waals surface area contributed by atoms with Gasteiger partial charge in [-0.1, -0.05) is 6.92 Å². The summed E-state index contributed by atoms with van der Waals surface area (Å²) in [6, 6.07) is 9.23. The first kappa shape index (κ1) is 21.1. The Balaban J connectivity index is 1.53. The molecule has 1 aliphatic heterocycles. The van der Waals surface area contributed by atoms with Crippen molar-refractivity contribution >= 4 is 21.8 Å². The number of furan rings is 1. The summed E-state index contributed by atoms with van der Waals surface area (Å²) in [5, 5.41) is 5.14. The van der Waals surface area contributed by atoms with Gasteiger partial charge in [0.25, 0.3) is 5.91 Å². The van der Waals surface area contributed by atoms with E-state index in [2.05, 4.69) is 10.6 Å². The number of amides is 2. The summed E-state index contributed by atoms with van der Waals surface area (Å²) in [5.41, 5.74) is 0.287. The van der Waals surface area contributed by atoms with Crippen molar-refractivity contribution in [2.45, 2.75) is 31.2 Å². The molecular formula is C20H25N3O5S. The lowest BCUT2D eigenvalue weighted by molar-refractivity contribution is -0.120. The summed E-state index contributed by atoms with van der Waals surface area (Å²) in [5.74, 6) is 0.147. The van der Waals surface area contributed by atoms with Crippen LogP contribution in [0.2, 0.25) is 0 Å². The van der Waals surface area contributed by atoms with Crippen molar-refractivity contribution in [3.05, 3.63) is 54.0 Å². The Labute approximate surface area is 170 Å². The molecule has 1 aromatic carbocycles. The van der Waals surface area contributed by atoms with E-state index in [9.17, 15) is 18.0 Å². The molecule has 8 nitrogen and oxygen atoms in total. The fourth-order valence-electron chi connectivity index (χ4n) is 3.22. The molecule has 2 amide bonds. The van der Waals surface area contributed by atoms with Gasteiger partial charge in [0.1, 0.15) is 5.76 Å². The molecule has 1 aromatic heterocycles. The number of carbonyl (C=O) groups is 2.